The molecule has 13 heavy (non-hydrogen) atoms. The van der Waals surface area contributed by atoms with Crippen molar-refractivity contribution in [2.24, 2.45) is 11.8 Å². The van der Waals surface area contributed by atoms with E-state index < -0.39 is 0 Å². The third-order valence-electron chi connectivity index (χ3n) is 3.27. The highest BCUT2D eigenvalue weighted by atomic mass is 14.9. The standard InChI is InChI=1S/C11H19N2/c1-2-12-6-9-4-3-5-10-7-13-8-11(9)10/h5,9,11-12H,2-4,6-8H2,1H3. The largest absolute Gasteiger partial charge is 0.317 e. The molecule has 73 valence electrons. The quantitative estimate of drug-likeness (QED) is 0.647. The second-order valence-electron chi connectivity index (χ2n) is 4.09. The van der Waals surface area contributed by atoms with Crippen LogP contribution in [-0.2, 0) is 0 Å². The topological polar surface area (TPSA) is 26.1 Å². The minimum absolute atomic E-state index is 0.785. The average Bonchev–Trinajstić information content (AvgIpc) is 2.62. The Morgan fingerprint density at radius 3 is 3.38 bits per heavy atom. The molecule has 1 radical (unpaired) electrons. The molecule has 1 aliphatic carbocycles. The SMILES string of the molecule is CCNCC1CCC=C2C[N]CC21. The van der Waals surface area contributed by atoms with Gasteiger partial charge in [-0.15, -0.1) is 0 Å². The normalized spacial score (nSPS) is 32.8. The minimum Gasteiger partial charge on any atom is -0.317 e. The van der Waals surface area contributed by atoms with Crippen LogP contribution in [0.4, 0.5) is 0 Å². The maximum Gasteiger partial charge on any atom is 0.0347 e. The number of hydrogen-bond donors (Lipinski definition) is 1. The van der Waals surface area contributed by atoms with Gasteiger partial charge in [0, 0.05) is 13.1 Å². The summed E-state index contributed by atoms with van der Waals surface area (Å²) in [5.41, 5.74) is 1.62. The van der Waals surface area contributed by atoms with Crippen LogP contribution in [0.2, 0.25) is 0 Å². The van der Waals surface area contributed by atoms with Crippen molar-refractivity contribution >= 4 is 0 Å². The maximum absolute atomic E-state index is 4.49. The van der Waals surface area contributed by atoms with Gasteiger partial charge < -0.3 is 5.32 Å². The van der Waals surface area contributed by atoms with Crippen LogP contribution in [0.5, 0.6) is 0 Å². The first-order chi connectivity index (χ1) is 6.42. The van der Waals surface area contributed by atoms with Crippen molar-refractivity contribution in [1.82, 2.24) is 10.6 Å². The summed E-state index contributed by atoms with van der Waals surface area (Å²) in [4.78, 5) is 0. The first-order valence-electron chi connectivity index (χ1n) is 5.44. The van der Waals surface area contributed by atoms with Gasteiger partial charge >= 0.3 is 0 Å². The number of allylic oxidation sites excluding steroid dienone is 1. The fraction of sp³-hybridized carbons (Fsp3) is 0.818. The lowest BCUT2D eigenvalue weighted by atomic mass is 9.80. The van der Waals surface area contributed by atoms with Crippen molar-refractivity contribution in [3.05, 3.63) is 11.6 Å². The Bertz CT molecular complexity index is 198. The summed E-state index contributed by atoms with van der Waals surface area (Å²) >= 11 is 0. The maximum atomic E-state index is 4.49. The lowest BCUT2D eigenvalue weighted by Crippen LogP contribution is -2.31. The van der Waals surface area contributed by atoms with Crippen LogP contribution in [0.3, 0.4) is 0 Å². The van der Waals surface area contributed by atoms with Gasteiger partial charge in [0.15, 0.2) is 0 Å². The van der Waals surface area contributed by atoms with Gasteiger partial charge in [-0.3, -0.25) is 0 Å². The summed E-state index contributed by atoms with van der Waals surface area (Å²) in [6.45, 7) is 6.57. The van der Waals surface area contributed by atoms with Gasteiger partial charge in [-0.05, 0) is 37.8 Å². The third-order valence-corrected chi connectivity index (χ3v) is 3.27. The van der Waals surface area contributed by atoms with Gasteiger partial charge in [0.2, 0.25) is 0 Å². The average molecular weight is 179 g/mol. The van der Waals surface area contributed by atoms with Crippen LogP contribution in [0.25, 0.3) is 0 Å². The van der Waals surface area contributed by atoms with Crippen molar-refractivity contribution < 1.29 is 0 Å². The van der Waals surface area contributed by atoms with E-state index in [-0.39, 0.29) is 0 Å². The molecule has 0 spiro atoms. The second-order valence-corrected chi connectivity index (χ2v) is 4.09. The predicted octanol–water partition coefficient (Wildman–Crippen LogP) is 1.17. The molecular formula is C11H19N2. The molecule has 2 nitrogen and oxygen atoms in total. The molecule has 1 fully saturated rings. The zero-order valence-electron chi connectivity index (χ0n) is 8.42. The number of fused-ring (bicyclic) bond motifs is 1. The van der Waals surface area contributed by atoms with Crippen LogP contribution in [0.1, 0.15) is 19.8 Å². The fourth-order valence-corrected chi connectivity index (χ4v) is 2.49. The van der Waals surface area contributed by atoms with Crippen LogP contribution < -0.4 is 10.6 Å². The van der Waals surface area contributed by atoms with E-state index in [2.05, 4.69) is 23.6 Å². The Morgan fingerprint density at radius 1 is 1.62 bits per heavy atom. The molecule has 2 unspecified atom stereocenters. The van der Waals surface area contributed by atoms with E-state index in [0.29, 0.717) is 0 Å². The van der Waals surface area contributed by atoms with Gasteiger partial charge in [0.05, 0.1) is 0 Å². The molecule has 0 amide bonds. The Labute approximate surface area is 80.8 Å². The number of rotatable bonds is 3. The highest BCUT2D eigenvalue weighted by Gasteiger charge is 2.31. The molecule has 1 saturated heterocycles. The smallest absolute Gasteiger partial charge is 0.0347 e. The lowest BCUT2D eigenvalue weighted by Gasteiger charge is -2.27. The Hall–Kier alpha value is -0.340. The number of hydrogen-bond acceptors (Lipinski definition) is 1. The van der Waals surface area contributed by atoms with Crippen molar-refractivity contribution in [2.45, 2.75) is 19.8 Å². The monoisotopic (exact) mass is 179 g/mol. The summed E-state index contributed by atoms with van der Waals surface area (Å²) in [6.07, 6.45) is 5.05. The van der Waals surface area contributed by atoms with Crippen molar-refractivity contribution in [3.63, 3.8) is 0 Å². The first kappa shape index (κ1) is 9.22. The molecule has 2 rings (SSSR count). The van der Waals surface area contributed by atoms with E-state index in [4.69, 9.17) is 0 Å². The van der Waals surface area contributed by atoms with Gasteiger partial charge in [-0.25, -0.2) is 5.32 Å². The summed E-state index contributed by atoms with van der Waals surface area (Å²) in [6, 6.07) is 0. The van der Waals surface area contributed by atoms with Gasteiger partial charge in [0.1, 0.15) is 0 Å². The van der Waals surface area contributed by atoms with Gasteiger partial charge in [-0.1, -0.05) is 18.6 Å². The number of nitrogens with one attached hydrogen (secondary N) is 1. The van der Waals surface area contributed by atoms with Crippen LogP contribution >= 0.6 is 0 Å². The van der Waals surface area contributed by atoms with Crippen molar-refractivity contribution in [1.29, 1.82) is 0 Å². The molecule has 0 aromatic carbocycles. The molecule has 1 N–H and O–H groups in total. The second kappa shape index (κ2) is 4.25. The first-order valence-corrected chi connectivity index (χ1v) is 5.44. The van der Waals surface area contributed by atoms with E-state index in [9.17, 15) is 0 Å². The molecule has 1 aliphatic heterocycles. The highest BCUT2D eigenvalue weighted by Crippen LogP contribution is 2.32. The van der Waals surface area contributed by atoms with E-state index in [1.165, 1.54) is 19.4 Å². The Kier molecular flexibility index (Phi) is 3.01. The zero-order valence-corrected chi connectivity index (χ0v) is 8.42. The van der Waals surface area contributed by atoms with Crippen LogP contribution in [0, 0.1) is 11.8 Å². The molecule has 1 heterocycles. The molecule has 0 aromatic rings. The van der Waals surface area contributed by atoms with Crippen LogP contribution in [-0.4, -0.2) is 26.2 Å². The molecule has 0 aromatic heterocycles. The van der Waals surface area contributed by atoms with E-state index in [0.717, 1.165) is 31.5 Å². The van der Waals surface area contributed by atoms with E-state index in [1.807, 2.05) is 0 Å². The lowest BCUT2D eigenvalue weighted by molar-refractivity contribution is 0.343. The molecule has 2 heteroatoms. The molecule has 0 bridgehead atoms. The number of nitrogens with zero attached hydrogens (tertiary/aromatic N) is 1. The summed E-state index contributed by atoms with van der Waals surface area (Å²) in [7, 11) is 0. The van der Waals surface area contributed by atoms with Gasteiger partial charge in [-0.2, -0.15) is 0 Å². The molecule has 0 saturated carbocycles. The van der Waals surface area contributed by atoms with Crippen molar-refractivity contribution in [2.75, 3.05) is 26.2 Å². The summed E-state index contributed by atoms with van der Waals surface area (Å²) in [5.74, 6) is 1.64. The summed E-state index contributed by atoms with van der Waals surface area (Å²) < 4.78 is 0. The Balaban J connectivity index is 1.93. The fourth-order valence-electron chi connectivity index (χ4n) is 2.49. The third kappa shape index (κ3) is 1.94. The van der Waals surface area contributed by atoms with E-state index >= 15 is 0 Å². The highest BCUT2D eigenvalue weighted by molar-refractivity contribution is 5.18. The summed E-state index contributed by atoms with van der Waals surface area (Å²) in [5, 5.41) is 7.95. The minimum atomic E-state index is 0.785. The van der Waals surface area contributed by atoms with E-state index in [1.54, 1.807) is 5.57 Å². The van der Waals surface area contributed by atoms with Crippen molar-refractivity contribution in [3.8, 4) is 0 Å². The molecule has 2 aliphatic rings. The molecular weight excluding hydrogens is 160 g/mol. The Morgan fingerprint density at radius 2 is 2.54 bits per heavy atom. The molecule has 2 atom stereocenters. The zero-order chi connectivity index (χ0) is 9.10. The van der Waals surface area contributed by atoms with Crippen LogP contribution in [0.15, 0.2) is 11.6 Å². The predicted molar refractivity (Wildman–Crippen MR) is 54.7 cm³/mol. The van der Waals surface area contributed by atoms with Gasteiger partial charge in [0.25, 0.3) is 0 Å².